The van der Waals surface area contributed by atoms with Crippen LogP contribution in [0.25, 0.3) is 0 Å². The minimum atomic E-state index is 0.218. The van der Waals surface area contributed by atoms with Crippen LogP contribution in [0.1, 0.15) is 64.7 Å². The molecule has 0 amide bonds. The van der Waals surface area contributed by atoms with E-state index in [4.69, 9.17) is 4.74 Å². The fourth-order valence-electron chi connectivity index (χ4n) is 3.53. The highest BCUT2D eigenvalue weighted by molar-refractivity contribution is 5.83. The van der Waals surface area contributed by atoms with Gasteiger partial charge in [-0.2, -0.15) is 0 Å². The van der Waals surface area contributed by atoms with Gasteiger partial charge in [-0.3, -0.25) is 4.79 Å². The molecular formula is C16H28O2. The van der Waals surface area contributed by atoms with E-state index in [1.54, 1.807) is 0 Å². The second-order valence-electron chi connectivity index (χ2n) is 6.18. The third kappa shape index (κ3) is 3.81. The van der Waals surface area contributed by atoms with E-state index in [0.29, 0.717) is 18.3 Å². The van der Waals surface area contributed by atoms with Crippen LogP contribution in [0.15, 0.2) is 0 Å². The van der Waals surface area contributed by atoms with Gasteiger partial charge in [-0.1, -0.05) is 26.2 Å². The number of ether oxygens (including phenoxy) is 1. The molecule has 1 heterocycles. The Kier molecular flexibility index (Phi) is 5.68. The average molecular weight is 252 g/mol. The van der Waals surface area contributed by atoms with Gasteiger partial charge in [0.25, 0.3) is 0 Å². The maximum atomic E-state index is 12.4. The highest BCUT2D eigenvalue weighted by Gasteiger charge is 2.31. The van der Waals surface area contributed by atoms with Gasteiger partial charge >= 0.3 is 0 Å². The zero-order chi connectivity index (χ0) is 12.8. The number of ketones is 1. The Morgan fingerprint density at radius 1 is 1.11 bits per heavy atom. The minimum absolute atomic E-state index is 0.218. The summed E-state index contributed by atoms with van der Waals surface area (Å²) in [6.07, 6.45) is 11.0. The number of rotatable bonds is 5. The van der Waals surface area contributed by atoms with Crippen LogP contribution in [0.2, 0.25) is 0 Å². The maximum absolute atomic E-state index is 12.4. The average Bonchev–Trinajstić information content (AvgIpc) is 2.46. The summed E-state index contributed by atoms with van der Waals surface area (Å²) in [6.45, 7) is 3.81. The van der Waals surface area contributed by atoms with Crippen LogP contribution < -0.4 is 0 Å². The molecule has 1 aliphatic carbocycles. The lowest BCUT2D eigenvalue weighted by Gasteiger charge is -2.31. The molecule has 0 spiro atoms. The molecule has 1 aliphatic heterocycles. The zero-order valence-electron chi connectivity index (χ0n) is 11.8. The molecule has 2 nitrogen and oxygen atoms in total. The second kappa shape index (κ2) is 7.28. The summed E-state index contributed by atoms with van der Waals surface area (Å²) < 4.78 is 5.45. The summed E-state index contributed by atoms with van der Waals surface area (Å²) in [6, 6.07) is 0. The van der Waals surface area contributed by atoms with Crippen LogP contribution in [0, 0.1) is 17.8 Å². The van der Waals surface area contributed by atoms with Crippen LogP contribution >= 0.6 is 0 Å². The molecule has 2 aliphatic rings. The third-order valence-corrected chi connectivity index (χ3v) is 4.78. The highest BCUT2D eigenvalue weighted by Crippen LogP contribution is 2.34. The highest BCUT2D eigenvalue weighted by atomic mass is 16.5. The summed E-state index contributed by atoms with van der Waals surface area (Å²) in [5.41, 5.74) is 0. The molecule has 0 radical (unpaired) electrons. The van der Waals surface area contributed by atoms with Crippen molar-refractivity contribution >= 4 is 5.78 Å². The van der Waals surface area contributed by atoms with E-state index >= 15 is 0 Å². The Morgan fingerprint density at radius 3 is 2.50 bits per heavy atom. The van der Waals surface area contributed by atoms with E-state index in [-0.39, 0.29) is 5.92 Å². The normalized spacial score (nSPS) is 33.3. The topological polar surface area (TPSA) is 26.3 Å². The van der Waals surface area contributed by atoms with Crippen LogP contribution in [0.4, 0.5) is 0 Å². The first-order chi connectivity index (χ1) is 8.81. The van der Waals surface area contributed by atoms with Gasteiger partial charge in [-0.05, 0) is 44.4 Å². The van der Waals surface area contributed by atoms with Gasteiger partial charge in [0, 0.05) is 18.4 Å². The van der Waals surface area contributed by atoms with Gasteiger partial charge < -0.3 is 4.74 Å². The zero-order valence-corrected chi connectivity index (χ0v) is 11.8. The minimum Gasteiger partial charge on any atom is -0.381 e. The number of Topliss-reactive ketones (excluding diaryl/α,β-unsaturated/α-hetero) is 1. The number of carbonyl (C=O) groups excluding carboxylic acids is 1. The third-order valence-electron chi connectivity index (χ3n) is 4.78. The van der Waals surface area contributed by atoms with Gasteiger partial charge in [-0.25, -0.2) is 0 Å². The van der Waals surface area contributed by atoms with Crippen molar-refractivity contribution in [1.29, 1.82) is 0 Å². The molecule has 0 aromatic heterocycles. The molecule has 2 fully saturated rings. The van der Waals surface area contributed by atoms with E-state index in [0.717, 1.165) is 38.2 Å². The first kappa shape index (κ1) is 14.0. The number of carbonyl (C=O) groups is 1. The number of hydrogen-bond acceptors (Lipinski definition) is 2. The Hall–Kier alpha value is -0.370. The summed E-state index contributed by atoms with van der Waals surface area (Å²) in [7, 11) is 0. The smallest absolute Gasteiger partial charge is 0.141 e. The van der Waals surface area contributed by atoms with E-state index in [2.05, 4.69) is 6.92 Å². The van der Waals surface area contributed by atoms with Crippen molar-refractivity contribution in [1.82, 2.24) is 0 Å². The van der Waals surface area contributed by atoms with Gasteiger partial charge in [0.15, 0.2) is 0 Å². The number of hydrogen-bond donors (Lipinski definition) is 0. The lowest BCUT2D eigenvalue weighted by Crippen LogP contribution is -2.32. The van der Waals surface area contributed by atoms with Crippen LogP contribution in [0.3, 0.4) is 0 Å². The van der Waals surface area contributed by atoms with Crippen molar-refractivity contribution in [3.8, 4) is 0 Å². The first-order valence-electron chi connectivity index (χ1n) is 7.92. The van der Waals surface area contributed by atoms with Crippen molar-refractivity contribution < 1.29 is 9.53 Å². The van der Waals surface area contributed by atoms with Crippen molar-refractivity contribution in [2.45, 2.75) is 64.7 Å². The lowest BCUT2D eigenvalue weighted by atomic mass is 9.75. The fraction of sp³-hybridized carbons (Fsp3) is 0.938. The van der Waals surface area contributed by atoms with E-state index in [1.165, 1.54) is 32.1 Å². The van der Waals surface area contributed by atoms with E-state index < -0.39 is 0 Å². The molecule has 2 heteroatoms. The quantitative estimate of drug-likeness (QED) is 0.740. The maximum Gasteiger partial charge on any atom is 0.141 e. The Labute approximate surface area is 111 Å². The largest absolute Gasteiger partial charge is 0.381 e. The predicted octanol–water partition coefficient (Wildman–Crippen LogP) is 3.98. The van der Waals surface area contributed by atoms with E-state index in [9.17, 15) is 4.79 Å². The molecule has 0 N–H and O–H groups in total. The summed E-state index contributed by atoms with van der Waals surface area (Å²) in [5, 5.41) is 0. The predicted molar refractivity (Wildman–Crippen MR) is 73.5 cm³/mol. The Morgan fingerprint density at radius 2 is 1.89 bits per heavy atom. The Balaban J connectivity index is 1.73. The lowest BCUT2D eigenvalue weighted by molar-refractivity contribution is -0.132. The summed E-state index contributed by atoms with van der Waals surface area (Å²) in [4.78, 5) is 12.4. The van der Waals surface area contributed by atoms with Crippen molar-refractivity contribution in [2.75, 3.05) is 13.2 Å². The van der Waals surface area contributed by atoms with Crippen LogP contribution in [0.5, 0.6) is 0 Å². The fourth-order valence-corrected chi connectivity index (χ4v) is 3.53. The standard InChI is InChI=1S/C16H28O2/c1-2-3-5-13-7-9-14(10-8-13)16(17)15-6-4-11-18-12-15/h13-15H,2-12H2,1H3. The molecule has 104 valence electrons. The molecule has 1 saturated carbocycles. The van der Waals surface area contributed by atoms with E-state index in [1.807, 2.05) is 0 Å². The van der Waals surface area contributed by atoms with Crippen molar-refractivity contribution in [2.24, 2.45) is 17.8 Å². The van der Waals surface area contributed by atoms with Gasteiger partial charge in [0.05, 0.1) is 6.61 Å². The van der Waals surface area contributed by atoms with Crippen LogP contribution in [-0.4, -0.2) is 19.0 Å². The molecule has 0 aromatic carbocycles. The van der Waals surface area contributed by atoms with Crippen molar-refractivity contribution in [3.05, 3.63) is 0 Å². The van der Waals surface area contributed by atoms with Gasteiger partial charge in [0.2, 0.25) is 0 Å². The second-order valence-corrected chi connectivity index (χ2v) is 6.18. The Bertz CT molecular complexity index is 248. The molecule has 1 atom stereocenters. The number of unbranched alkanes of at least 4 members (excludes halogenated alkanes) is 1. The molecule has 0 bridgehead atoms. The molecule has 1 saturated heterocycles. The SMILES string of the molecule is CCCCC1CCC(C(=O)C2CCCOC2)CC1. The monoisotopic (exact) mass is 252 g/mol. The van der Waals surface area contributed by atoms with Gasteiger partial charge in [-0.15, -0.1) is 0 Å². The molecule has 0 aromatic rings. The molecular weight excluding hydrogens is 224 g/mol. The molecule has 1 unspecified atom stereocenters. The molecule has 18 heavy (non-hydrogen) atoms. The summed E-state index contributed by atoms with van der Waals surface area (Å²) in [5.74, 6) is 1.99. The molecule has 2 rings (SSSR count). The van der Waals surface area contributed by atoms with Crippen molar-refractivity contribution in [3.63, 3.8) is 0 Å². The summed E-state index contributed by atoms with van der Waals surface area (Å²) >= 11 is 0. The first-order valence-corrected chi connectivity index (χ1v) is 7.92. The van der Waals surface area contributed by atoms with Crippen LogP contribution in [-0.2, 0) is 9.53 Å². The van der Waals surface area contributed by atoms with Gasteiger partial charge in [0.1, 0.15) is 5.78 Å².